The first-order valence-electron chi connectivity index (χ1n) is 4.98. The van der Waals surface area contributed by atoms with E-state index in [4.69, 9.17) is 4.52 Å². The van der Waals surface area contributed by atoms with E-state index < -0.39 is 10.0 Å². The summed E-state index contributed by atoms with van der Waals surface area (Å²) in [7, 11) is -3.70. The summed E-state index contributed by atoms with van der Waals surface area (Å²) in [5, 5.41) is 3.48. The number of aromatic nitrogens is 2. The Kier molecular flexibility index (Phi) is 3.40. The predicted molar refractivity (Wildman–Crippen MR) is 68.7 cm³/mol. The topological polar surface area (TPSA) is 85.1 Å². The van der Waals surface area contributed by atoms with Crippen LogP contribution in [0.25, 0.3) is 0 Å². The molecule has 2 aromatic rings. The molecule has 2 rings (SSSR count). The lowest BCUT2D eigenvalue weighted by Gasteiger charge is -2.05. The third kappa shape index (κ3) is 2.70. The molecular formula is C10H10BrN3O3S. The molecular weight excluding hydrogens is 322 g/mol. The average molecular weight is 332 g/mol. The number of nitrogens with zero attached hydrogens (tertiary/aromatic N) is 2. The lowest BCUT2D eigenvalue weighted by molar-refractivity contribution is 0.395. The van der Waals surface area contributed by atoms with Gasteiger partial charge in [-0.05, 0) is 29.8 Å². The lowest BCUT2D eigenvalue weighted by Crippen LogP contribution is -2.14. The molecule has 1 aromatic carbocycles. The lowest BCUT2D eigenvalue weighted by atomic mass is 10.2. The van der Waals surface area contributed by atoms with Crippen LogP contribution in [-0.4, -0.2) is 18.6 Å². The molecule has 0 saturated heterocycles. The quantitative estimate of drug-likeness (QED) is 0.932. The molecule has 1 aromatic heterocycles. The van der Waals surface area contributed by atoms with E-state index in [1.165, 1.54) is 12.1 Å². The predicted octanol–water partition coefficient (Wildman–Crippen LogP) is 2.25. The Balaban J connectivity index is 2.33. The summed E-state index contributed by atoms with van der Waals surface area (Å²) < 4.78 is 31.7. The fourth-order valence-corrected chi connectivity index (χ4v) is 2.75. The zero-order valence-corrected chi connectivity index (χ0v) is 12.0. The Morgan fingerprint density at radius 2 is 2.06 bits per heavy atom. The van der Waals surface area contributed by atoms with E-state index in [0.717, 1.165) is 10.0 Å². The summed E-state index contributed by atoms with van der Waals surface area (Å²) in [6, 6.07) is 4.74. The number of aryl methyl sites for hydroxylation is 2. The van der Waals surface area contributed by atoms with Crippen molar-refractivity contribution in [3.8, 4) is 0 Å². The van der Waals surface area contributed by atoms with E-state index in [0.29, 0.717) is 0 Å². The molecule has 1 heterocycles. The standard InChI is InChI=1S/C10H10BrN3O3S/c1-6-3-4-8(5-9(6)11)18(15,16)14-10-12-7(2)17-13-10/h3-5H,1-2H3,(H,13,14). The van der Waals surface area contributed by atoms with Crippen LogP contribution in [0.1, 0.15) is 11.5 Å². The van der Waals surface area contributed by atoms with Crippen molar-refractivity contribution in [2.24, 2.45) is 0 Å². The van der Waals surface area contributed by atoms with Crippen molar-refractivity contribution < 1.29 is 12.9 Å². The van der Waals surface area contributed by atoms with Gasteiger partial charge in [0.2, 0.25) is 5.89 Å². The molecule has 0 amide bonds. The Hall–Kier alpha value is -1.41. The van der Waals surface area contributed by atoms with Gasteiger partial charge in [-0.25, -0.2) is 13.1 Å². The van der Waals surface area contributed by atoms with Crippen molar-refractivity contribution >= 4 is 31.9 Å². The summed E-state index contributed by atoms with van der Waals surface area (Å²) in [5.74, 6) is 0.210. The minimum atomic E-state index is -3.70. The molecule has 0 spiro atoms. The molecule has 0 radical (unpaired) electrons. The first kappa shape index (κ1) is 13.0. The second-order valence-corrected chi connectivity index (χ2v) is 6.19. The SMILES string of the molecule is Cc1nc(NS(=O)(=O)c2ccc(C)c(Br)c2)no1. The third-order valence-corrected chi connectivity index (χ3v) is 4.39. The van der Waals surface area contributed by atoms with Gasteiger partial charge >= 0.3 is 0 Å². The zero-order valence-electron chi connectivity index (χ0n) is 9.64. The van der Waals surface area contributed by atoms with Crippen molar-refractivity contribution in [1.82, 2.24) is 10.1 Å². The molecule has 0 atom stereocenters. The molecule has 18 heavy (non-hydrogen) atoms. The van der Waals surface area contributed by atoms with Crippen molar-refractivity contribution in [3.05, 3.63) is 34.1 Å². The van der Waals surface area contributed by atoms with Gasteiger partial charge < -0.3 is 4.52 Å². The Morgan fingerprint density at radius 1 is 1.33 bits per heavy atom. The van der Waals surface area contributed by atoms with Gasteiger partial charge in [0.05, 0.1) is 4.90 Å². The largest absolute Gasteiger partial charge is 0.338 e. The first-order chi connectivity index (χ1) is 8.38. The molecule has 0 saturated carbocycles. The first-order valence-corrected chi connectivity index (χ1v) is 7.25. The van der Waals surface area contributed by atoms with E-state index in [2.05, 4.69) is 30.8 Å². The monoisotopic (exact) mass is 331 g/mol. The number of halogens is 1. The van der Waals surface area contributed by atoms with E-state index in [-0.39, 0.29) is 16.7 Å². The third-order valence-electron chi connectivity index (χ3n) is 2.21. The van der Waals surface area contributed by atoms with Crippen LogP contribution in [0, 0.1) is 13.8 Å². The van der Waals surface area contributed by atoms with Gasteiger partial charge in [0, 0.05) is 11.4 Å². The molecule has 0 unspecified atom stereocenters. The number of anilines is 1. The van der Waals surface area contributed by atoms with E-state index in [1.807, 2.05) is 6.92 Å². The highest BCUT2D eigenvalue weighted by molar-refractivity contribution is 9.10. The van der Waals surface area contributed by atoms with Crippen molar-refractivity contribution in [3.63, 3.8) is 0 Å². The maximum absolute atomic E-state index is 12.0. The van der Waals surface area contributed by atoms with Crippen LogP contribution in [0.2, 0.25) is 0 Å². The molecule has 0 aliphatic heterocycles. The highest BCUT2D eigenvalue weighted by atomic mass is 79.9. The smallest absolute Gasteiger partial charge is 0.277 e. The molecule has 0 aliphatic carbocycles. The number of hydrogen-bond donors (Lipinski definition) is 1. The van der Waals surface area contributed by atoms with Gasteiger partial charge in [0.25, 0.3) is 16.0 Å². The number of nitrogens with one attached hydrogen (secondary N) is 1. The molecule has 8 heteroatoms. The fourth-order valence-electron chi connectivity index (χ4n) is 1.26. The van der Waals surface area contributed by atoms with E-state index in [9.17, 15) is 8.42 Å². The van der Waals surface area contributed by atoms with Crippen LogP contribution in [-0.2, 0) is 10.0 Å². The number of rotatable bonds is 3. The number of sulfonamides is 1. The summed E-state index contributed by atoms with van der Waals surface area (Å²) in [4.78, 5) is 3.91. The van der Waals surface area contributed by atoms with Gasteiger partial charge in [-0.2, -0.15) is 4.98 Å². The van der Waals surface area contributed by atoms with Crippen molar-refractivity contribution in [2.45, 2.75) is 18.7 Å². The van der Waals surface area contributed by atoms with E-state index in [1.54, 1.807) is 13.0 Å². The molecule has 1 N–H and O–H groups in total. The molecule has 0 aliphatic rings. The highest BCUT2D eigenvalue weighted by Crippen LogP contribution is 2.21. The maximum Gasteiger partial charge on any atom is 0.277 e. The van der Waals surface area contributed by atoms with Crippen LogP contribution in [0.3, 0.4) is 0 Å². The van der Waals surface area contributed by atoms with Crippen molar-refractivity contribution in [2.75, 3.05) is 4.72 Å². The van der Waals surface area contributed by atoms with Gasteiger partial charge in [-0.15, -0.1) is 0 Å². The molecule has 0 bridgehead atoms. The Labute approximate surface area is 113 Å². The van der Waals surface area contributed by atoms with Gasteiger partial charge in [0.1, 0.15) is 0 Å². The van der Waals surface area contributed by atoms with E-state index >= 15 is 0 Å². The zero-order chi connectivity index (χ0) is 13.3. The molecule has 6 nitrogen and oxygen atoms in total. The van der Waals surface area contributed by atoms with Crippen LogP contribution in [0.5, 0.6) is 0 Å². The summed E-state index contributed by atoms with van der Waals surface area (Å²) in [5.41, 5.74) is 0.948. The van der Waals surface area contributed by atoms with Crippen LogP contribution in [0.4, 0.5) is 5.95 Å². The second-order valence-electron chi connectivity index (χ2n) is 3.65. The van der Waals surface area contributed by atoms with Crippen LogP contribution in [0.15, 0.2) is 32.1 Å². The highest BCUT2D eigenvalue weighted by Gasteiger charge is 2.17. The Morgan fingerprint density at radius 3 is 2.61 bits per heavy atom. The normalized spacial score (nSPS) is 11.5. The molecule has 0 fully saturated rings. The minimum Gasteiger partial charge on any atom is -0.338 e. The Bertz CT molecular complexity index is 681. The fraction of sp³-hybridized carbons (Fsp3) is 0.200. The van der Waals surface area contributed by atoms with Gasteiger partial charge in [-0.1, -0.05) is 22.0 Å². The maximum atomic E-state index is 12.0. The number of benzene rings is 1. The van der Waals surface area contributed by atoms with Crippen molar-refractivity contribution in [1.29, 1.82) is 0 Å². The van der Waals surface area contributed by atoms with Crippen LogP contribution < -0.4 is 4.72 Å². The molecule has 96 valence electrons. The van der Waals surface area contributed by atoms with Gasteiger partial charge in [0.15, 0.2) is 0 Å². The van der Waals surface area contributed by atoms with Gasteiger partial charge in [-0.3, -0.25) is 0 Å². The van der Waals surface area contributed by atoms with Crippen LogP contribution >= 0.6 is 15.9 Å². The second kappa shape index (κ2) is 4.69. The average Bonchev–Trinajstić information content (AvgIpc) is 2.67. The minimum absolute atomic E-state index is 0.0794. The summed E-state index contributed by atoms with van der Waals surface area (Å²) in [6.07, 6.45) is 0. The summed E-state index contributed by atoms with van der Waals surface area (Å²) in [6.45, 7) is 3.45. The summed E-state index contributed by atoms with van der Waals surface area (Å²) >= 11 is 3.29. The number of hydrogen-bond acceptors (Lipinski definition) is 5.